The van der Waals surface area contributed by atoms with Crippen molar-refractivity contribution < 1.29 is 14.6 Å². The third-order valence-corrected chi connectivity index (χ3v) is 2.23. The Morgan fingerprint density at radius 3 is 2.93 bits per heavy atom. The topological polar surface area (TPSA) is 63.8 Å². The minimum Gasteiger partial charge on any atom is -0.494 e. The number of pyridine rings is 1. The van der Waals surface area contributed by atoms with E-state index < -0.39 is 5.97 Å². The highest BCUT2D eigenvalue weighted by molar-refractivity contribution is 5.89. The van der Waals surface area contributed by atoms with Crippen LogP contribution in [0.2, 0.25) is 0 Å². The summed E-state index contributed by atoms with van der Waals surface area (Å²) in [6.45, 7) is 1.89. The molecule has 5 heteroatoms. The van der Waals surface area contributed by atoms with Crippen LogP contribution in [0.3, 0.4) is 0 Å². The predicted octanol–water partition coefficient (Wildman–Crippen LogP) is 1.35. The van der Waals surface area contributed by atoms with Gasteiger partial charge in [-0.2, -0.15) is 5.10 Å². The highest BCUT2D eigenvalue weighted by atomic mass is 16.5. The van der Waals surface area contributed by atoms with Gasteiger partial charge in [-0.05, 0) is 18.6 Å². The molecular weight excluding hydrogens is 196 g/mol. The summed E-state index contributed by atoms with van der Waals surface area (Å²) < 4.78 is 6.64. The van der Waals surface area contributed by atoms with E-state index in [9.17, 15) is 4.79 Å². The Bertz CT molecular complexity index is 531. The normalized spacial score (nSPS) is 10.5. The van der Waals surface area contributed by atoms with Gasteiger partial charge in [-0.15, -0.1) is 0 Å². The number of carboxylic acids is 1. The fourth-order valence-corrected chi connectivity index (χ4v) is 1.50. The maximum absolute atomic E-state index is 10.8. The highest BCUT2D eigenvalue weighted by Crippen LogP contribution is 2.24. The van der Waals surface area contributed by atoms with Crippen LogP contribution in [0.15, 0.2) is 18.5 Å². The number of aromatic nitrogens is 2. The van der Waals surface area contributed by atoms with Crippen LogP contribution in [0.25, 0.3) is 5.52 Å². The van der Waals surface area contributed by atoms with Gasteiger partial charge in [-0.1, -0.05) is 0 Å². The van der Waals surface area contributed by atoms with Crippen molar-refractivity contribution in [2.45, 2.75) is 6.92 Å². The highest BCUT2D eigenvalue weighted by Gasteiger charge is 2.12. The lowest BCUT2D eigenvalue weighted by atomic mass is 10.2. The Morgan fingerprint density at radius 2 is 2.33 bits per heavy atom. The molecule has 0 unspecified atom stereocenters. The van der Waals surface area contributed by atoms with Crippen LogP contribution in [0.4, 0.5) is 0 Å². The van der Waals surface area contributed by atoms with E-state index in [2.05, 4.69) is 5.10 Å². The van der Waals surface area contributed by atoms with Crippen LogP contribution in [-0.2, 0) is 0 Å². The summed E-state index contributed by atoms with van der Waals surface area (Å²) in [7, 11) is 1.51. The molecule has 78 valence electrons. The number of hydrogen-bond donors (Lipinski definition) is 1. The molecule has 0 spiro atoms. The zero-order valence-electron chi connectivity index (χ0n) is 8.39. The molecule has 5 nitrogen and oxygen atoms in total. The van der Waals surface area contributed by atoms with E-state index in [0.717, 1.165) is 11.1 Å². The fourth-order valence-electron chi connectivity index (χ4n) is 1.50. The second-order valence-electron chi connectivity index (χ2n) is 3.22. The first-order chi connectivity index (χ1) is 7.13. The summed E-state index contributed by atoms with van der Waals surface area (Å²) in [4.78, 5) is 10.8. The van der Waals surface area contributed by atoms with Gasteiger partial charge < -0.3 is 9.84 Å². The van der Waals surface area contributed by atoms with Gasteiger partial charge in [0.05, 0.1) is 18.9 Å². The van der Waals surface area contributed by atoms with Crippen molar-refractivity contribution in [3.8, 4) is 5.75 Å². The van der Waals surface area contributed by atoms with Gasteiger partial charge >= 0.3 is 5.97 Å². The van der Waals surface area contributed by atoms with Crippen LogP contribution in [-0.4, -0.2) is 27.8 Å². The van der Waals surface area contributed by atoms with E-state index in [4.69, 9.17) is 9.84 Å². The lowest BCUT2D eigenvalue weighted by Gasteiger charge is -2.05. The summed E-state index contributed by atoms with van der Waals surface area (Å²) >= 11 is 0. The van der Waals surface area contributed by atoms with Crippen LogP contribution >= 0.6 is 0 Å². The van der Waals surface area contributed by atoms with Crippen LogP contribution in [0.5, 0.6) is 5.75 Å². The van der Waals surface area contributed by atoms with Gasteiger partial charge in [-0.3, -0.25) is 0 Å². The van der Waals surface area contributed by atoms with Crippen molar-refractivity contribution >= 4 is 11.5 Å². The molecule has 0 aliphatic heterocycles. The Hall–Kier alpha value is -2.04. The van der Waals surface area contributed by atoms with Crippen molar-refractivity contribution in [2.75, 3.05) is 7.11 Å². The number of rotatable bonds is 2. The Labute approximate surface area is 85.9 Å². The molecule has 0 atom stereocenters. The lowest BCUT2D eigenvalue weighted by Crippen LogP contribution is -2.01. The largest absolute Gasteiger partial charge is 0.494 e. The molecule has 0 amide bonds. The standard InChI is InChI=1S/C10H10N2O3/c1-6-4-11-12-5-7(10(13)14)3-8(15-2)9(6)12/h3-5H,1-2H3,(H,13,14). The number of hydrogen-bond acceptors (Lipinski definition) is 3. The molecular formula is C10H10N2O3. The number of aromatic carboxylic acids is 1. The summed E-state index contributed by atoms with van der Waals surface area (Å²) in [6, 6.07) is 1.49. The molecule has 2 aromatic heterocycles. The molecule has 1 N–H and O–H groups in total. The maximum Gasteiger partial charge on any atom is 0.337 e. The van der Waals surface area contributed by atoms with Crippen LogP contribution in [0, 0.1) is 6.92 Å². The van der Waals surface area contributed by atoms with E-state index in [-0.39, 0.29) is 5.56 Å². The van der Waals surface area contributed by atoms with Crippen molar-refractivity contribution in [1.82, 2.24) is 9.61 Å². The van der Waals surface area contributed by atoms with Crippen molar-refractivity contribution in [3.63, 3.8) is 0 Å². The summed E-state index contributed by atoms with van der Waals surface area (Å²) in [5.41, 5.74) is 1.90. The average Bonchev–Trinajstić information content (AvgIpc) is 2.59. The van der Waals surface area contributed by atoms with Gasteiger partial charge in [0, 0.05) is 6.20 Å². The van der Waals surface area contributed by atoms with Crippen molar-refractivity contribution in [2.24, 2.45) is 0 Å². The summed E-state index contributed by atoms with van der Waals surface area (Å²) in [6.07, 6.45) is 3.14. The van der Waals surface area contributed by atoms with Crippen molar-refractivity contribution in [3.05, 3.63) is 29.6 Å². The van der Waals surface area contributed by atoms with Gasteiger partial charge in [0.25, 0.3) is 0 Å². The molecule has 2 aromatic rings. The van der Waals surface area contributed by atoms with E-state index in [0.29, 0.717) is 5.75 Å². The first kappa shape index (κ1) is 9.51. The molecule has 0 fully saturated rings. The van der Waals surface area contributed by atoms with Crippen molar-refractivity contribution in [1.29, 1.82) is 0 Å². The molecule has 0 saturated carbocycles. The first-order valence-electron chi connectivity index (χ1n) is 4.38. The van der Waals surface area contributed by atoms with E-state index in [1.807, 2.05) is 6.92 Å². The first-order valence-corrected chi connectivity index (χ1v) is 4.38. The number of methoxy groups -OCH3 is 1. The number of aryl methyl sites for hydroxylation is 1. The molecule has 15 heavy (non-hydrogen) atoms. The summed E-state index contributed by atoms with van der Waals surface area (Å²) in [5, 5.41) is 12.9. The summed E-state index contributed by atoms with van der Waals surface area (Å²) in [5.74, 6) is -0.478. The number of fused-ring (bicyclic) bond motifs is 1. The van der Waals surface area contributed by atoms with E-state index in [1.165, 1.54) is 23.9 Å². The Kier molecular flexibility index (Phi) is 2.07. The molecule has 2 heterocycles. The zero-order valence-corrected chi connectivity index (χ0v) is 8.39. The third-order valence-electron chi connectivity index (χ3n) is 2.23. The smallest absolute Gasteiger partial charge is 0.337 e. The molecule has 0 bridgehead atoms. The molecule has 0 saturated heterocycles. The quantitative estimate of drug-likeness (QED) is 0.805. The number of carboxylic acid groups (broad SMARTS) is 1. The van der Waals surface area contributed by atoms with Crippen LogP contribution < -0.4 is 4.74 Å². The average molecular weight is 206 g/mol. The molecule has 0 aliphatic carbocycles. The zero-order chi connectivity index (χ0) is 11.0. The molecule has 2 rings (SSSR count). The Morgan fingerprint density at radius 1 is 1.60 bits per heavy atom. The maximum atomic E-state index is 10.8. The lowest BCUT2D eigenvalue weighted by molar-refractivity contribution is 0.0696. The number of ether oxygens (including phenoxy) is 1. The third kappa shape index (κ3) is 1.41. The van der Waals surface area contributed by atoms with Gasteiger partial charge in [0.2, 0.25) is 0 Å². The Balaban J connectivity index is 2.79. The second kappa shape index (κ2) is 3.27. The number of carbonyl (C=O) groups is 1. The predicted molar refractivity (Wildman–Crippen MR) is 53.4 cm³/mol. The van der Waals surface area contributed by atoms with E-state index >= 15 is 0 Å². The molecule has 0 radical (unpaired) electrons. The monoisotopic (exact) mass is 206 g/mol. The SMILES string of the molecule is COc1cc(C(=O)O)cn2ncc(C)c12. The van der Waals surface area contributed by atoms with Gasteiger partial charge in [-0.25, -0.2) is 9.31 Å². The molecule has 0 aliphatic rings. The van der Waals surface area contributed by atoms with Gasteiger partial charge in [0.15, 0.2) is 0 Å². The minimum absolute atomic E-state index is 0.155. The van der Waals surface area contributed by atoms with Crippen LogP contribution in [0.1, 0.15) is 15.9 Å². The number of nitrogens with zero attached hydrogens (tertiary/aromatic N) is 2. The van der Waals surface area contributed by atoms with Gasteiger partial charge in [0.1, 0.15) is 11.3 Å². The second-order valence-corrected chi connectivity index (χ2v) is 3.22. The molecule has 0 aromatic carbocycles. The minimum atomic E-state index is -0.997. The fraction of sp³-hybridized carbons (Fsp3) is 0.200. The van der Waals surface area contributed by atoms with E-state index in [1.54, 1.807) is 6.20 Å².